The zero-order chi connectivity index (χ0) is 11.6. The van der Waals surface area contributed by atoms with Crippen LogP contribution in [-0.2, 0) is 9.47 Å². The molecule has 1 aliphatic carbocycles. The van der Waals surface area contributed by atoms with Gasteiger partial charge in [-0.2, -0.15) is 0 Å². The molecule has 0 aromatic heterocycles. The molecule has 0 aromatic carbocycles. The summed E-state index contributed by atoms with van der Waals surface area (Å²) in [6.45, 7) is 2.35. The molecule has 1 fully saturated rings. The van der Waals surface area contributed by atoms with Crippen LogP contribution in [0.1, 0.15) is 44.9 Å². The van der Waals surface area contributed by atoms with E-state index in [-0.39, 0.29) is 0 Å². The zero-order valence-corrected chi connectivity index (χ0v) is 12.0. The SMILES string of the molecule is COCCOCCCC1CCCCC(Br)C1. The van der Waals surface area contributed by atoms with Crippen molar-refractivity contribution < 1.29 is 9.47 Å². The van der Waals surface area contributed by atoms with Crippen LogP contribution in [0.25, 0.3) is 0 Å². The first-order valence-corrected chi connectivity index (χ1v) is 7.45. The van der Waals surface area contributed by atoms with Crippen LogP contribution in [-0.4, -0.2) is 31.8 Å². The number of hydrogen-bond acceptors (Lipinski definition) is 2. The molecule has 0 bridgehead atoms. The van der Waals surface area contributed by atoms with Gasteiger partial charge in [-0.25, -0.2) is 0 Å². The molecule has 0 radical (unpaired) electrons. The molecule has 0 aliphatic heterocycles. The summed E-state index contributed by atoms with van der Waals surface area (Å²) < 4.78 is 10.4. The Morgan fingerprint density at radius 2 is 1.94 bits per heavy atom. The molecule has 2 unspecified atom stereocenters. The molecule has 0 amide bonds. The summed E-state index contributed by atoms with van der Waals surface area (Å²) in [5, 5.41) is 0. The number of methoxy groups -OCH3 is 1. The average Bonchev–Trinajstić information content (AvgIpc) is 2.48. The second-order valence-electron chi connectivity index (χ2n) is 4.73. The molecule has 1 rings (SSSR count). The highest BCUT2D eigenvalue weighted by atomic mass is 79.9. The molecule has 0 saturated heterocycles. The summed E-state index contributed by atoms with van der Waals surface area (Å²) in [6, 6.07) is 0. The highest BCUT2D eigenvalue weighted by Gasteiger charge is 2.17. The minimum atomic E-state index is 0.715. The van der Waals surface area contributed by atoms with Gasteiger partial charge in [-0.3, -0.25) is 0 Å². The van der Waals surface area contributed by atoms with Gasteiger partial charge in [0.15, 0.2) is 0 Å². The van der Waals surface area contributed by atoms with Crippen molar-refractivity contribution in [3.05, 3.63) is 0 Å². The molecular weight excluding hydrogens is 268 g/mol. The Morgan fingerprint density at radius 1 is 1.12 bits per heavy atom. The Hall–Kier alpha value is 0.400. The van der Waals surface area contributed by atoms with Gasteiger partial charge in [-0.05, 0) is 31.6 Å². The Balaban J connectivity index is 1.98. The highest BCUT2D eigenvalue weighted by Crippen LogP contribution is 2.30. The molecule has 0 N–H and O–H groups in total. The number of hydrogen-bond donors (Lipinski definition) is 0. The third-order valence-corrected chi connectivity index (χ3v) is 4.13. The lowest BCUT2D eigenvalue weighted by molar-refractivity contribution is 0.0669. The quantitative estimate of drug-likeness (QED) is 0.404. The fourth-order valence-corrected chi connectivity index (χ4v) is 3.23. The topological polar surface area (TPSA) is 18.5 Å². The average molecular weight is 293 g/mol. The maximum atomic E-state index is 5.49. The fraction of sp³-hybridized carbons (Fsp3) is 1.00. The maximum Gasteiger partial charge on any atom is 0.0700 e. The van der Waals surface area contributed by atoms with E-state index in [1.807, 2.05) is 0 Å². The van der Waals surface area contributed by atoms with Gasteiger partial charge < -0.3 is 9.47 Å². The van der Waals surface area contributed by atoms with Crippen LogP contribution in [0.15, 0.2) is 0 Å². The van der Waals surface area contributed by atoms with Crippen molar-refractivity contribution in [2.75, 3.05) is 26.9 Å². The molecule has 16 heavy (non-hydrogen) atoms. The van der Waals surface area contributed by atoms with Crippen LogP contribution in [0.2, 0.25) is 0 Å². The molecule has 96 valence electrons. The van der Waals surface area contributed by atoms with E-state index in [9.17, 15) is 0 Å². The summed E-state index contributed by atoms with van der Waals surface area (Å²) in [4.78, 5) is 0.759. The van der Waals surface area contributed by atoms with Gasteiger partial charge in [0.25, 0.3) is 0 Å². The summed E-state index contributed by atoms with van der Waals surface area (Å²) in [6.07, 6.45) is 9.48. The standard InChI is InChI=1S/C13H25BrO2/c1-15-9-10-16-8-4-6-12-5-2-3-7-13(14)11-12/h12-13H,2-11H2,1H3. The van der Waals surface area contributed by atoms with E-state index >= 15 is 0 Å². The molecule has 3 heteroatoms. The second kappa shape index (κ2) is 9.43. The second-order valence-corrected chi connectivity index (χ2v) is 6.03. The largest absolute Gasteiger partial charge is 0.382 e. The van der Waals surface area contributed by atoms with Gasteiger partial charge in [-0.15, -0.1) is 0 Å². The van der Waals surface area contributed by atoms with E-state index in [4.69, 9.17) is 9.47 Å². The van der Waals surface area contributed by atoms with E-state index in [1.165, 1.54) is 44.9 Å². The van der Waals surface area contributed by atoms with Crippen LogP contribution in [0.3, 0.4) is 0 Å². The molecule has 1 aliphatic rings. The predicted octanol–water partition coefficient (Wildman–Crippen LogP) is 3.77. The Bertz CT molecular complexity index is 164. The van der Waals surface area contributed by atoms with Crippen LogP contribution in [0.4, 0.5) is 0 Å². The van der Waals surface area contributed by atoms with Crippen LogP contribution >= 0.6 is 15.9 Å². The van der Waals surface area contributed by atoms with E-state index in [0.29, 0.717) is 6.61 Å². The lowest BCUT2D eigenvalue weighted by Crippen LogP contribution is -2.08. The fourth-order valence-electron chi connectivity index (χ4n) is 2.38. The van der Waals surface area contributed by atoms with Crippen molar-refractivity contribution in [3.63, 3.8) is 0 Å². The Kier molecular flexibility index (Phi) is 8.52. The first kappa shape index (κ1) is 14.5. The zero-order valence-electron chi connectivity index (χ0n) is 10.4. The third-order valence-electron chi connectivity index (χ3n) is 3.30. The normalized spacial score (nSPS) is 26.6. The van der Waals surface area contributed by atoms with E-state index in [1.54, 1.807) is 7.11 Å². The third kappa shape index (κ3) is 6.87. The highest BCUT2D eigenvalue weighted by molar-refractivity contribution is 9.09. The predicted molar refractivity (Wildman–Crippen MR) is 71.2 cm³/mol. The number of halogens is 1. The summed E-state index contributed by atoms with van der Waals surface area (Å²) in [5.41, 5.74) is 0. The van der Waals surface area contributed by atoms with E-state index < -0.39 is 0 Å². The van der Waals surface area contributed by atoms with Gasteiger partial charge in [0.1, 0.15) is 0 Å². The Labute approximate surface area is 108 Å². The van der Waals surface area contributed by atoms with Crippen LogP contribution in [0, 0.1) is 5.92 Å². The molecule has 1 saturated carbocycles. The van der Waals surface area contributed by atoms with Crippen LogP contribution < -0.4 is 0 Å². The maximum absolute atomic E-state index is 5.49. The van der Waals surface area contributed by atoms with Crippen molar-refractivity contribution >= 4 is 15.9 Å². The van der Waals surface area contributed by atoms with Crippen molar-refractivity contribution in [1.82, 2.24) is 0 Å². The monoisotopic (exact) mass is 292 g/mol. The van der Waals surface area contributed by atoms with E-state index in [2.05, 4.69) is 15.9 Å². The van der Waals surface area contributed by atoms with Crippen molar-refractivity contribution in [2.24, 2.45) is 5.92 Å². The van der Waals surface area contributed by atoms with Gasteiger partial charge >= 0.3 is 0 Å². The van der Waals surface area contributed by atoms with Gasteiger partial charge in [0, 0.05) is 18.5 Å². The van der Waals surface area contributed by atoms with Crippen molar-refractivity contribution in [1.29, 1.82) is 0 Å². The van der Waals surface area contributed by atoms with Gasteiger partial charge in [0.05, 0.1) is 13.2 Å². The smallest absolute Gasteiger partial charge is 0.0700 e. The first-order chi connectivity index (χ1) is 7.83. The van der Waals surface area contributed by atoms with Gasteiger partial charge in [0.2, 0.25) is 0 Å². The first-order valence-electron chi connectivity index (χ1n) is 6.53. The van der Waals surface area contributed by atoms with Crippen LogP contribution in [0.5, 0.6) is 0 Å². The summed E-state index contributed by atoms with van der Waals surface area (Å²) >= 11 is 3.77. The van der Waals surface area contributed by atoms with Gasteiger partial charge in [-0.1, -0.05) is 35.2 Å². The molecule has 0 heterocycles. The molecule has 2 nitrogen and oxygen atoms in total. The molecule has 0 aromatic rings. The summed E-state index contributed by atoms with van der Waals surface area (Å²) in [7, 11) is 1.71. The molecule has 0 spiro atoms. The Morgan fingerprint density at radius 3 is 2.75 bits per heavy atom. The summed E-state index contributed by atoms with van der Waals surface area (Å²) in [5.74, 6) is 0.915. The lowest BCUT2D eigenvalue weighted by Gasteiger charge is -2.15. The van der Waals surface area contributed by atoms with E-state index in [0.717, 1.165) is 24.0 Å². The lowest BCUT2D eigenvalue weighted by atomic mass is 9.95. The molecule has 2 atom stereocenters. The number of rotatable bonds is 7. The minimum Gasteiger partial charge on any atom is -0.382 e. The van der Waals surface area contributed by atoms with Crippen molar-refractivity contribution in [3.8, 4) is 0 Å². The minimum absolute atomic E-state index is 0.715. The molecular formula is C13H25BrO2. The number of ether oxygens (including phenoxy) is 2. The van der Waals surface area contributed by atoms with Crippen molar-refractivity contribution in [2.45, 2.75) is 49.8 Å². The number of alkyl halides is 1.